The molecule has 1 saturated heterocycles. The lowest BCUT2D eigenvalue weighted by atomic mass is 9.86. The average molecular weight is 314 g/mol. The third-order valence-corrected chi connectivity index (χ3v) is 3.96. The van der Waals surface area contributed by atoms with E-state index in [1.807, 2.05) is 13.8 Å². The van der Waals surface area contributed by atoms with E-state index < -0.39 is 23.5 Å². The molecule has 22 heavy (non-hydrogen) atoms. The number of β-amino-alcohol motifs (C(OH)–C–C–N with tert-alkyl or cyclic N) is 1. The molecule has 0 aliphatic carbocycles. The second kappa shape index (κ2) is 6.96. The third kappa shape index (κ3) is 4.20. The maximum Gasteiger partial charge on any atom is 0.412 e. The van der Waals surface area contributed by atoms with Crippen molar-refractivity contribution in [3.63, 3.8) is 0 Å². The SMILES string of the molecule is CCCC(CC)C(=O)C1(N)CC(O)CN1C(=O)OC(C)(C)C. The van der Waals surface area contributed by atoms with E-state index in [-0.39, 0.29) is 24.7 Å². The van der Waals surface area contributed by atoms with Gasteiger partial charge < -0.3 is 15.6 Å². The monoisotopic (exact) mass is 314 g/mol. The molecule has 0 aromatic rings. The van der Waals surface area contributed by atoms with E-state index in [1.54, 1.807) is 20.8 Å². The van der Waals surface area contributed by atoms with Gasteiger partial charge in [-0.05, 0) is 33.6 Å². The molecule has 6 nitrogen and oxygen atoms in total. The van der Waals surface area contributed by atoms with Crippen molar-refractivity contribution in [1.29, 1.82) is 0 Å². The number of Topliss-reactive ketones (excluding diaryl/α,β-unsaturated/α-hetero) is 1. The summed E-state index contributed by atoms with van der Waals surface area (Å²) in [5, 5.41) is 9.93. The maximum absolute atomic E-state index is 12.8. The van der Waals surface area contributed by atoms with Gasteiger partial charge in [-0.2, -0.15) is 0 Å². The summed E-state index contributed by atoms with van der Waals surface area (Å²) >= 11 is 0. The van der Waals surface area contributed by atoms with Crippen molar-refractivity contribution in [1.82, 2.24) is 4.90 Å². The van der Waals surface area contributed by atoms with E-state index in [1.165, 1.54) is 4.90 Å². The van der Waals surface area contributed by atoms with Crippen molar-refractivity contribution in [2.45, 2.75) is 77.7 Å². The normalized spacial score (nSPS) is 26.9. The van der Waals surface area contributed by atoms with Crippen LogP contribution in [0.1, 0.15) is 60.3 Å². The number of rotatable bonds is 5. The Morgan fingerprint density at radius 1 is 1.41 bits per heavy atom. The van der Waals surface area contributed by atoms with Crippen LogP contribution in [0.2, 0.25) is 0 Å². The molecule has 0 radical (unpaired) electrons. The molecule has 6 heteroatoms. The highest BCUT2D eigenvalue weighted by Gasteiger charge is 2.52. The summed E-state index contributed by atoms with van der Waals surface area (Å²) in [7, 11) is 0. The number of nitrogens with two attached hydrogens (primary N) is 1. The first kappa shape index (κ1) is 18.9. The topological polar surface area (TPSA) is 92.9 Å². The van der Waals surface area contributed by atoms with Crippen molar-refractivity contribution in [3.05, 3.63) is 0 Å². The molecule has 3 N–H and O–H groups in total. The Morgan fingerprint density at radius 3 is 2.45 bits per heavy atom. The van der Waals surface area contributed by atoms with E-state index >= 15 is 0 Å². The van der Waals surface area contributed by atoms with Crippen LogP contribution in [-0.2, 0) is 9.53 Å². The van der Waals surface area contributed by atoms with Crippen molar-refractivity contribution < 1.29 is 19.4 Å². The fraction of sp³-hybridized carbons (Fsp3) is 0.875. The van der Waals surface area contributed by atoms with Crippen molar-refractivity contribution in [3.8, 4) is 0 Å². The molecule has 1 aliphatic rings. The van der Waals surface area contributed by atoms with Gasteiger partial charge in [0.1, 0.15) is 5.60 Å². The van der Waals surface area contributed by atoms with Crippen LogP contribution in [0.4, 0.5) is 4.79 Å². The van der Waals surface area contributed by atoms with E-state index in [0.717, 1.165) is 12.8 Å². The van der Waals surface area contributed by atoms with E-state index in [2.05, 4.69) is 0 Å². The minimum atomic E-state index is -1.47. The first-order valence-corrected chi connectivity index (χ1v) is 8.07. The van der Waals surface area contributed by atoms with Gasteiger partial charge in [-0.15, -0.1) is 0 Å². The molecule has 1 heterocycles. The average Bonchev–Trinajstić information content (AvgIpc) is 2.70. The highest BCUT2D eigenvalue weighted by atomic mass is 16.6. The largest absolute Gasteiger partial charge is 0.444 e. The van der Waals surface area contributed by atoms with Crippen LogP contribution in [0.3, 0.4) is 0 Å². The van der Waals surface area contributed by atoms with E-state index in [0.29, 0.717) is 6.42 Å². The first-order chi connectivity index (χ1) is 10.0. The Kier molecular flexibility index (Phi) is 5.98. The number of aliphatic hydroxyl groups is 1. The maximum atomic E-state index is 12.8. The summed E-state index contributed by atoms with van der Waals surface area (Å²) in [5.41, 5.74) is 4.13. The molecule has 0 bridgehead atoms. The summed E-state index contributed by atoms with van der Waals surface area (Å²) in [6.45, 7) is 9.23. The van der Waals surface area contributed by atoms with Gasteiger partial charge in [0.2, 0.25) is 0 Å². The number of likely N-dealkylation sites (tertiary alicyclic amines) is 1. The number of carbonyl (C=O) groups is 2. The molecule has 0 aromatic carbocycles. The minimum Gasteiger partial charge on any atom is -0.444 e. The number of nitrogens with zero attached hydrogens (tertiary/aromatic N) is 1. The molecule has 0 spiro atoms. The molecule has 1 amide bonds. The third-order valence-electron chi connectivity index (χ3n) is 3.96. The Labute approximate surface area is 133 Å². The Balaban J connectivity index is 3.01. The number of amides is 1. The minimum absolute atomic E-state index is 0.0275. The lowest BCUT2D eigenvalue weighted by Crippen LogP contribution is -2.62. The zero-order chi connectivity index (χ0) is 17.1. The summed E-state index contributed by atoms with van der Waals surface area (Å²) in [6.07, 6.45) is 0.878. The Bertz CT molecular complexity index is 419. The zero-order valence-corrected chi connectivity index (χ0v) is 14.4. The molecule has 0 saturated carbocycles. The predicted octanol–water partition coefficient (Wildman–Crippen LogP) is 2.04. The molecule has 3 atom stereocenters. The second-order valence-electron chi connectivity index (χ2n) is 7.13. The fourth-order valence-corrected chi connectivity index (χ4v) is 2.92. The summed E-state index contributed by atoms with van der Waals surface area (Å²) in [6, 6.07) is 0. The van der Waals surface area contributed by atoms with Crippen LogP contribution in [0.25, 0.3) is 0 Å². The molecule has 128 valence electrons. The van der Waals surface area contributed by atoms with Crippen molar-refractivity contribution in [2.75, 3.05) is 6.54 Å². The van der Waals surface area contributed by atoms with Gasteiger partial charge in [0, 0.05) is 12.3 Å². The van der Waals surface area contributed by atoms with Crippen LogP contribution in [0.5, 0.6) is 0 Å². The highest BCUT2D eigenvalue weighted by Crippen LogP contribution is 2.32. The molecule has 0 aromatic heterocycles. The lowest BCUT2D eigenvalue weighted by Gasteiger charge is -2.36. The summed E-state index contributed by atoms with van der Waals surface area (Å²) < 4.78 is 5.33. The van der Waals surface area contributed by atoms with Gasteiger partial charge in [0.05, 0.1) is 12.6 Å². The van der Waals surface area contributed by atoms with Gasteiger partial charge in [-0.25, -0.2) is 4.79 Å². The number of ketones is 1. The zero-order valence-electron chi connectivity index (χ0n) is 14.4. The van der Waals surface area contributed by atoms with Crippen LogP contribution >= 0.6 is 0 Å². The summed E-state index contributed by atoms with van der Waals surface area (Å²) in [5.74, 6) is -0.385. The molecular formula is C16H30N2O4. The number of carbonyl (C=O) groups excluding carboxylic acids is 2. The lowest BCUT2D eigenvalue weighted by molar-refractivity contribution is -0.134. The van der Waals surface area contributed by atoms with Crippen LogP contribution < -0.4 is 5.73 Å². The molecular weight excluding hydrogens is 284 g/mol. The Hall–Kier alpha value is -1.14. The fourth-order valence-electron chi connectivity index (χ4n) is 2.92. The first-order valence-electron chi connectivity index (χ1n) is 8.07. The van der Waals surface area contributed by atoms with Gasteiger partial charge in [-0.3, -0.25) is 9.69 Å². The van der Waals surface area contributed by atoms with Gasteiger partial charge in [0.15, 0.2) is 11.4 Å². The summed E-state index contributed by atoms with van der Waals surface area (Å²) in [4.78, 5) is 26.4. The van der Waals surface area contributed by atoms with Crippen LogP contribution in [0, 0.1) is 5.92 Å². The van der Waals surface area contributed by atoms with Gasteiger partial charge >= 0.3 is 6.09 Å². The van der Waals surface area contributed by atoms with Gasteiger partial charge in [0.25, 0.3) is 0 Å². The smallest absolute Gasteiger partial charge is 0.412 e. The predicted molar refractivity (Wildman–Crippen MR) is 84.2 cm³/mol. The quantitative estimate of drug-likeness (QED) is 0.810. The Morgan fingerprint density at radius 2 is 2.00 bits per heavy atom. The number of aliphatic hydroxyl groups excluding tert-OH is 1. The number of hydrogen-bond acceptors (Lipinski definition) is 5. The number of hydrogen-bond donors (Lipinski definition) is 2. The van der Waals surface area contributed by atoms with E-state index in [4.69, 9.17) is 10.5 Å². The molecule has 1 aliphatic heterocycles. The second-order valence-corrected chi connectivity index (χ2v) is 7.13. The highest BCUT2D eigenvalue weighted by molar-refractivity contribution is 5.93. The van der Waals surface area contributed by atoms with Crippen molar-refractivity contribution >= 4 is 11.9 Å². The van der Waals surface area contributed by atoms with Crippen LogP contribution in [0.15, 0.2) is 0 Å². The van der Waals surface area contributed by atoms with Crippen LogP contribution in [-0.4, -0.2) is 45.8 Å². The molecule has 1 fully saturated rings. The molecule has 3 unspecified atom stereocenters. The molecule has 1 rings (SSSR count). The number of ether oxygens (including phenoxy) is 1. The van der Waals surface area contributed by atoms with Crippen molar-refractivity contribution in [2.24, 2.45) is 11.7 Å². The van der Waals surface area contributed by atoms with E-state index in [9.17, 15) is 14.7 Å². The standard InChI is InChI=1S/C16H30N2O4/c1-6-8-11(7-2)13(20)16(17)9-12(19)10-18(16)14(21)22-15(3,4)5/h11-12,19H,6-10,17H2,1-5H3. The van der Waals surface area contributed by atoms with Gasteiger partial charge in [-0.1, -0.05) is 20.3 Å².